The number of carbonyl (C=O) groups is 8. The van der Waals surface area contributed by atoms with Gasteiger partial charge in [-0.2, -0.15) is 41.4 Å². The van der Waals surface area contributed by atoms with E-state index in [9.17, 15) is 59.4 Å². The van der Waals surface area contributed by atoms with Gasteiger partial charge in [0.25, 0.3) is 23.6 Å². The zero-order valence-corrected chi connectivity index (χ0v) is 82.7. The van der Waals surface area contributed by atoms with Crippen molar-refractivity contribution in [3.05, 3.63) is 293 Å². The number of nitrogens with zero attached hydrogens (tertiary/aromatic N) is 17. The van der Waals surface area contributed by atoms with Crippen molar-refractivity contribution in [3.63, 3.8) is 0 Å². The molecule has 20 rings (SSSR count). The first-order valence-corrected chi connectivity index (χ1v) is 50.6. The number of pyridine rings is 1. The number of para-hydroxylation sites is 3. The van der Waals surface area contributed by atoms with E-state index in [0.717, 1.165) is 171 Å². The minimum Gasteiger partial charge on any atom is -0.457 e. The number of hydrogen-bond donors (Lipinski definition) is 9. The van der Waals surface area contributed by atoms with Gasteiger partial charge in [0.15, 0.2) is 23.3 Å². The molecule has 7 aromatic carbocycles. The number of benzene rings is 7. The highest BCUT2D eigenvalue weighted by molar-refractivity contribution is 6.05. The van der Waals surface area contributed by atoms with Crippen LogP contribution in [0.25, 0.3) is 0 Å². The smallest absolute Gasteiger partial charge is 0.254 e. The van der Waals surface area contributed by atoms with Crippen molar-refractivity contribution in [3.8, 4) is 47.4 Å². The van der Waals surface area contributed by atoms with Crippen molar-refractivity contribution >= 4 is 81.9 Å². The fourth-order valence-electron chi connectivity index (χ4n) is 19.3. The number of likely N-dealkylation sites (tertiary alicyclic amines) is 4. The van der Waals surface area contributed by atoms with Gasteiger partial charge in [0.1, 0.15) is 39.5 Å². The van der Waals surface area contributed by atoms with Gasteiger partial charge in [-0.25, -0.2) is 4.98 Å². The normalized spacial score (nSPS) is 17.1. The molecule has 8 amide bonds. The molecule has 0 radical (unpaired) electrons. The average molecular weight is 1990 g/mol. The van der Waals surface area contributed by atoms with Gasteiger partial charge in [-0.1, -0.05) is 140 Å². The molecule has 0 atom stereocenters. The summed E-state index contributed by atoms with van der Waals surface area (Å²) >= 11 is 0. The molecular weight excluding hydrogens is 1870 g/mol. The molecular formula is C112H122N26O10. The Morgan fingerprint density at radius 2 is 0.568 bits per heavy atom. The van der Waals surface area contributed by atoms with E-state index in [-0.39, 0.29) is 119 Å². The van der Waals surface area contributed by atoms with Crippen LogP contribution in [-0.2, 0) is 73.9 Å². The highest BCUT2D eigenvalue weighted by Gasteiger charge is 2.45. The van der Waals surface area contributed by atoms with Crippen molar-refractivity contribution < 1.29 is 47.8 Å². The molecule has 0 unspecified atom stereocenters. The first-order chi connectivity index (χ1) is 71.8. The number of ether oxygens (including phenoxy) is 2. The van der Waals surface area contributed by atoms with Crippen LogP contribution in [0.1, 0.15) is 203 Å². The predicted octanol–water partition coefficient (Wildman–Crippen LogP) is 15.3. The van der Waals surface area contributed by atoms with E-state index < -0.39 is 45.8 Å². The second-order valence-corrected chi connectivity index (χ2v) is 39.8. The summed E-state index contributed by atoms with van der Waals surface area (Å²) in [6.45, 7) is 9.29. The number of nitrogens with two attached hydrogens (primary N) is 4. The number of rotatable bonds is 36. The molecule has 148 heavy (non-hydrogen) atoms. The van der Waals surface area contributed by atoms with Crippen molar-refractivity contribution in [1.82, 2.24) is 63.7 Å². The van der Waals surface area contributed by atoms with Crippen LogP contribution in [0.5, 0.6) is 23.1 Å². The van der Waals surface area contributed by atoms with Crippen molar-refractivity contribution in [2.45, 2.75) is 183 Å². The lowest BCUT2D eigenvalue weighted by Gasteiger charge is -2.40. The number of piperidine rings is 4. The number of primary amides is 4. The third-order valence-corrected chi connectivity index (χ3v) is 29.0. The molecule has 760 valence electrons. The molecule has 9 heterocycles. The number of nitriles is 4. The minimum absolute atomic E-state index is 0.0189. The second-order valence-electron chi connectivity index (χ2n) is 39.8. The zero-order chi connectivity index (χ0) is 103. The lowest BCUT2D eigenvalue weighted by Crippen LogP contribution is -2.46. The van der Waals surface area contributed by atoms with Gasteiger partial charge >= 0.3 is 0 Å². The van der Waals surface area contributed by atoms with E-state index in [1.54, 1.807) is 43.5 Å². The topological polar surface area (TPSA) is 512 Å². The molecule has 4 aliphatic carbocycles. The molecule has 36 heteroatoms. The van der Waals surface area contributed by atoms with Crippen LogP contribution in [0.2, 0.25) is 0 Å². The van der Waals surface area contributed by atoms with Crippen LogP contribution in [0, 0.1) is 69.0 Å². The summed E-state index contributed by atoms with van der Waals surface area (Å²) in [5, 5.41) is 71.1. The van der Waals surface area contributed by atoms with Crippen LogP contribution >= 0.6 is 0 Å². The summed E-state index contributed by atoms with van der Waals surface area (Å²) in [5.41, 5.74) is 30.2. The number of nitrogens with one attached hydrogen (secondary N) is 5. The average Bonchev–Trinajstić information content (AvgIpc) is 1.63. The Morgan fingerprint density at radius 3 is 0.865 bits per heavy atom. The number of aromatic nitrogens is 9. The Morgan fingerprint density at radius 1 is 0.311 bits per heavy atom. The summed E-state index contributed by atoms with van der Waals surface area (Å²) in [7, 11) is 0. The number of anilines is 6. The fourth-order valence-corrected chi connectivity index (χ4v) is 19.3. The van der Waals surface area contributed by atoms with Gasteiger partial charge in [0.05, 0.1) is 72.1 Å². The molecule has 4 saturated carbocycles. The Kier molecular flexibility index (Phi) is 32.8. The summed E-state index contributed by atoms with van der Waals surface area (Å²) in [6, 6.07) is 78.0. The maximum absolute atomic E-state index is 12.3. The van der Waals surface area contributed by atoms with Gasteiger partial charge in [-0.3, -0.25) is 76.7 Å². The highest BCUT2D eigenvalue weighted by atomic mass is 16.5. The second kappa shape index (κ2) is 47.1. The predicted molar refractivity (Wildman–Crippen MR) is 555 cm³/mol. The number of hydrogen-bond acceptors (Lipinski definition) is 24. The standard InChI is InChI=1S/C29H32N6O2.C28H31N7O2.C28H30N6O3.C27H29N7O3/c30-15-12-29(35-20-25(26(31)36)27(33-35)32-28(37)24-10-11-24)13-16-34(17-14-29)19-23-8-6-22(7-9-23)18-21-4-2-1-3-5-21;29-15-12-28(35-19-24(25(30)36)26(33-35)32-27(37)21-8-9-21)13-16-34(17-14-28)18-20-6-10-23(11-7-20)31-22-4-2-1-3-5-22;29-15-12-28(34-19-24(25(30)35)26(32-34)31-27(36)21-8-9-21)13-16-33(17-14-28)18-20-6-10-23(11-7-20)37-22-4-2-1-3-5-22;28-13-10-27(34-18-22(24(29)35)25(32-34)31-26(36)20-7-8-20)11-14-33(15-12-27)17-19-6-9-23(30-16-19)37-21-4-2-1-3-5-21/h1-9,20,24H,10-14,16-19H2,(H2,31,36)(H,32,33,37);1-7,10-11,19,21,31H,8-9,12-14,16-18H2,(H2,30,36)(H,32,33,37);1-7,10-11,19,21H,8-9,12-14,16-18H2,(H2,30,35)(H,31,32,36);1-6,9,16,18,20H,7-8,10-12,14-15,17H2,(H2,29,35)(H,31,32,36). The molecule has 4 saturated heterocycles. The van der Waals surface area contributed by atoms with E-state index in [4.69, 9.17) is 32.4 Å². The maximum Gasteiger partial charge on any atom is 0.254 e. The molecule has 0 spiro atoms. The van der Waals surface area contributed by atoms with Gasteiger partial charge in [0, 0.05) is 151 Å². The lowest BCUT2D eigenvalue weighted by atomic mass is 9.84. The molecule has 0 bridgehead atoms. The molecule has 5 aromatic heterocycles. The van der Waals surface area contributed by atoms with Crippen molar-refractivity contribution in [2.24, 2.45) is 46.6 Å². The highest BCUT2D eigenvalue weighted by Crippen LogP contribution is 2.43. The number of amides is 8. The SMILES string of the molecule is N#CCC1(n2cc(C(N)=O)c(NC(=O)C3CC3)n2)CCN(Cc2ccc(Cc3ccccc3)cc2)CC1.N#CCC1(n2cc(C(N)=O)c(NC(=O)C3CC3)n2)CCN(Cc2ccc(Nc3ccccc3)cc2)CC1.N#CCC1(n2cc(C(N)=O)c(NC(=O)C3CC3)n2)CCN(Cc2ccc(Oc3ccccc3)cc2)CC1.N#CCC1(n2cc(C(N)=O)c(NC(=O)C3CC3)n2)CCN(Cc2ccc(Oc3ccccc3)nc2)CC1. The minimum atomic E-state index is -0.658. The van der Waals surface area contributed by atoms with E-state index in [1.807, 2.05) is 128 Å². The fraction of sp³-hybridized carbons (Fsp3) is 0.366. The van der Waals surface area contributed by atoms with E-state index in [1.165, 1.54) is 27.8 Å². The van der Waals surface area contributed by atoms with Crippen molar-refractivity contribution in [2.75, 3.05) is 78.9 Å². The van der Waals surface area contributed by atoms with E-state index in [0.29, 0.717) is 57.2 Å². The summed E-state index contributed by atoms with van der Waals surface area (Å²) in [4.78, 5) is 111. The Hall–Kier alpha value is -16.5. The Bertz CT molecular complexity index is 6020. The summed E-state index contributed by atoms with van der Waals surface area (Å²) < 4.78 is 18.4. The zero-order valence-electron chi connectivity index (χ0n) is 82.7. The van der Waals surface area contributed by atoms with Gasteiger partial charge in [0.2, 0.25) is 29.5 Å². The molecule has 8 aliphatic rings. The summed E-state index contributed by atoms with van der Waals surface area (Å²) in [6.07, 6.45) is 22.4. The monoisotopic (exact) mass is 1990 g/mol. The molecule has 12 aromatic rings. The van der Waals surface area contributed by atoms with Crippen LogP contribution in [-0.4, -0.2) is 163 Å². The quantitative estimate of drug-likeness (QED) is 0.0176. The van der Waals surface area contributed by atoms with Crippen LogP contribution in [0.15, 0.2) is 237 Å². The van der Waals surface area contributed by atoms with Crippen molar-refractivity contribution in [1.29, 1.82) is 21.0 Å². The van der Waals surface area contributed by atoms with Gasteiger partial charge in [-0.15, -0.1) is 0 Å². The van der Waals surface area contributed by atoms with Gasteiger partial charge < -0.3 is 59.0 Å². The Labute approximate surface area is 858 Å². The third kappa shape index (κ3) is 26.6. The number of carbonyl (C=O) groups excluding carboxylic acids is 8. The maximum atomic E-state index is 12.3. The summed E-state index contributed by atoms with van der Waals surface area (Å²) in [5.74, 6) is 0.344. The van der Waals surface area contributed by atoms with E-state index in [2.05, 4.69) is 181 Å². The van der Waals surface area contributed by atoms with E-state index >= 15 is 0 Å². The first-order valence-electron chi connectivity index (χ1n) is 50.6. The van der Waals surface area contributed by atoms with Crippen LogP contribution in [0.4, 0.5) is 34.6 Å². The van der Waals surface area contributed by atoms with Crippen LogP contribution < -0.4 is 59.0 Å². The molecule has 36 nitrogen and oxygen atoms in total. The Balaban J connectivity index is 0.000000135. The first kappa shape index (κ1) is 103. The lowest BCUT2D eigenvalue weighted by molar-refractivity contribution is -0.118. The molecule has 4 aliphatic heterocycles. The third-order valence-electron chi connectivity index (χ3n) is 29.0. The molecule has 8 fully saturated rings. The largest absolute Gasteiger partial charge is 0.457 e. The van der Waals surface area contributed by atoms with Crippen LogP contribution in [0.3, 0.4) is 0 Å². The van der Waals surface area contributed by atoms with Gasteiger partial charge in [-0.05, 0) is 203 Å². The molecule has 13 N–H and O–H groups in total.